The second kappa shape index (κ2) is 9.70. The van der Waals surface area contributed by atoms with Gasteiger partial charge in [-0.05, 0) is 49.7 Å². The lowest BCUT2D eigenvalue weighted by Gasteiger charge is -2.33. The average Bonchev–Trinajstić information content (AvgIpc) is 3.65. The van der Waals surface area contributed by atoms with E-state index in [2.05, 4.69) is 25.6 Å². The van der Waals surface area contributed by atoms with Crippen LogP contribution in [0.5, 0.6) is 0 Å². The number of benzene rings is 2. The van der Waals surface area contributed by atoms with Crippen LogP contribution in [0.15, 0.2) is 42.0 Å². The Labute approximate surface area is 218 Å². The number of hydrogen-bond acceptors (Lipinski definition) is 7. The molecule has 1 N–H and O–H groups in total. The highest BCUT2D eigenvalue weighted by Gasteiger charge is 2.27. The predicted octanol–water partition coefficient (Wildman–Crippen LogP) is 4.52. The van der Waals surface area contributed by atoms with Crippen molar-refractivity contribution < 1.29 is 14.3 Å². The molecular weight excluding hydrogens is 488 g/mol. The summed E-state index contributed by atoms with van der Waals surface area (Å²) in [6.45, 7) is 6.86. The molecule has 4 heterocycles. The number of nitrogens with zero attached hydrogens (tertiary/aromatic N) is 5. The van der Waals surface area contributed by atoms with Crippen molar-refractivity contribution >= 4 is 38.5 Å². The molecule has 1 atom stereocenters. The first kappa shape index (κ1) is 23.8. The van der Waals surface area contributed by atoms with Crippen LogP contribution in [0.2, 0.25) is 0 Å². The molecule has 1 unspecified atom stereocenters. The number of aromatic amines is 1. The first-order valence-electron chi connectivity index (χ1n) is 12.3. The van der Waals surface area contributed by atoms with Crippen molar-refractivity contribution in [1.29, 1.82) is 0 Å². The Balaban J connectivity index is 1.41. The van der Waals surface area contributed by atoms with Crippen molar-refractivity contribution in [3.63, 3.8) is 0 Å². The van der Waals surface area contributed by atoms with E-state index in [0.29, 0.717) is 38.5 Å². The van der Waals surface area contributed by atoms with E-state index in [4.69, 9.17) is 14.5 Å². The molecular formula is C27H28N6O3S. The minimum atomic E-state index is 0.0180. The number of carbonyl (C=O) groups is 1. The highest BCUT2D eigenvalue weighted by atomic mass is 32.1. The largest absolute Gasteiger partial charge is 0.383 e. The van der Waals surface area contributed by atoms with Crippen molar-refractivity contribution in [2.45, 2.75) is 26.4 Å². The third kappa shape index (κ3) is 4.30. The van der Waals surface area contributed by atoms with Gasteiger partial charge in [-0.1, -0.05) is 0 Å². The van der Waals surface area contributed by atoms with Crippen LogP contribution >= 0.6 is 11.3 Å². The molecule has 0 aliphatic carbocycles. The number of fused-ring (bicyclic) bond motifs is 2. The van der Waals surface area contributed by atoms with Crippen LogP contribution in [-0.2, 0) is 16.0 Å². The molecule has 6 rings (SSSR count). The molecule has 1 saturated heterocycles. The highest BCUT2D eigenvalue weighted by Crippen LogP contribution is 2.30. The predicted molar refractivity (Wildman–Crippen MR) is 144 cm³/mol. The molecule has 5 aromatic rings. The van der Waals surface area contributed by atoms with E-state index in [1.807, 2.05) is 48.5 Å². The van der Waals surface area contributed by atoms with Gasteiger partial charge in [-0.2, -0.15) is 0 Å². The Hall–Kier alpha value is -3.60. The number of amides is 1. The Kier molecular flexibility index (Phi) is 6.23. The van der Waals surface area contributed by atoms with Gasteiger partial charge >= 0.3 is 0 Å². The van der Waals surface area contributed by atoms with Crippen LogP contribution in [0.1, 0.15) is 22.8 Å². The molecule has 1 aliphatic heterocycles. The number of aromatic nitrogens is 5. The maximum atomic E-state index is 13.4. The number of rotatable bonds is 6. The molecule has 0 saturated carbocycles. The summed E-state index contributed by atoms with van der Waals surface area (Å²) >= 11 is 1.62. The molecule has 0 radical (unpaired) electrons. The molecule has 1 aliphatic rings. The van der Waals surface area contributed by atoms with Crippen LogP contribution in [0.4, 0.5) is 0 Å². The summed E-state index contributed by atoms with van der Waals surface area (Å²) in [4.78, 5) is 32.8. The first-order valence-corrected chi connectivity index (χ1v) is 13.2. The lowest BCUT2D eigenvalue weighted by atomic mass is 10.0. The topological polar surface area (TPSA) is 98.2 Å². The van der Waals surface area contributed by atoms with E-state index in [1.54, 1.807) is 24.6 Å². The lowest BCUT2D eigenvalue weighted by Crippen LogP contribution is -2.47. The number of imidazole rings is 2. The quantitative estimate of drug-likeness (QED) is 0.356. The normalized spacial score (nSPS) is 16.2. The summed E-state index contributed by atoms with van der Waals surface area (Å²) in [5, 5.41) is 0. The fraction of sp³-hybridized carbons (Fsp3) is 0.333. The van der Waals surface area contributed by atoms with E-state index in [9.17, 15) is 4.79 Å². The lowest BCUT2D eigenvalue weighted by molar-refractivity contribution is 0.00356. The van der Waals surface area contributed by atoms with E-state index in [-0.39, 0.29) is 11.9 Å². The fourth-order valence-electron chi connectivity index (χ4n) is 4.89. The number of thiazole rings is 1. The number of methoxy groups -OCH3 is 1. The fourth-order valence-corrected chi connectivity index (χ4v) is 5.55. The molecule has 10 heteroatoms. The van der Waals surface area contributed by atoms with Gasteiger partial charge in [-0.25, -0.2) is 15.0 Å². The van der Waals surface area contributed by atoms with Gasteiger partial charge in [0.25, 0.3) is 5.91 Å². The van der Waals surface area contributed by atoms with E-state index >= 15 is 0 Å². The summed E-state index contributed by atoms with van der Waals surface area (Å²) in [5.41, 5.74) is 7.88. The summed E-state index contributed by atoms with van der Waals surface area (Å²) in [6, 6.07) is 10.1. The van der Waals surface area contributed by atoms with E-state index in [1.165, 1.54) is 0 Å². The van der Waals surface area contributed by atoms with Crippen molar-refractivity contribution in [3.8, 4) is 22.9 Å². The number of H-pyrrole nitrogens is 1. The molecule has 190 valence electrons. The molecule has 0 spiro atoms. The van der Waals surface area contributed by atoms with Crippen molar-refractivity contribution in [2.24, 2.45) is 0 Å². The van der Waals surface area contributed by atoms with Gasteiger partial charge in [-0.15, -0.1) is 11.3 Å². The summed E-state index contributed by atoms with van der Waals surface area (Å²) < 4.78 is 14.2. The zero-order chi connectivity index (χ0) is 25.5. The summed E-state index contributed by atoms with van der Waals surface area (Å²) in [7, 11) is 1.69. The van der Waals surface area contributed by atoms with Gasteiger partial charge in [0, 0.05) is 31.3 Å². The maximum absolute atomic E-state index is 13.4. The SMILES string of the molecule is COCCn1c(-c2cnc(-c3ccc4scnc4c3)[nH]2)nc2cc(C(=O)N3CCOCC3C)c(C)cc21. The van der Waals surface area contributed by atoms with Crippen LogP contribution in [0.25, 0.3) is 44.2 Å². The van der Waals surface area contributed by atoms with Crippen LogP contribution in [0, 0.1) is 6.92 Å². The van der Waals surface area contributed by atoms with Crippen molar-refractivity contribution in [2.75, 3.05) is 33.5 Å². The van der Waals surface area contributed by atoms with Crippen LogP contribution in [-0.4, -0.2) is 74.8 Å². The number of morpholine rings is 1. The Bertz CT molecular complexity index is 1600. The molecule has 37 heavy (non-hydrogen) atoms. The number of carbonyl (C=O) groups excluding carboxylic acids is 1. The number of hydrogen-bond donors (Lipinski definition) is 1. The minimum Gasteiger partial charge on any atom is -0.383 e. The zero-order valence-corrected chi connectivity index (χ0v) is 21.8. The molecule has 1 amide bonds. The summed E-state index contributed by atoms with van der Waals surface area (Å²) in [6.07, 6.45) is 1.80. The number of nitrogens with one attached hydrogen (secondary N) is 1. The Morgan fingerprint density at radius 1 is 1.24 bits per heavy atom. The Morgan fingerprint density at radius 3 is 2.97 bits per heavy atom. The molecule has 1 fully saturated rings. The van der Waals surface area contributed by atoms with Gasteiger partial charge in [-0.3, -0.25) is 4.79 Å². The number of ether oxygens (including phenoxy) is 2. The average molecular weight is 517 g/mol. The maximum Gasteiger partial charge on any atom is 0.254 e. The molecule has 0 bridgehead atoms. The van der Waals surface area contributed by atoms with Gasteiger partial charge in [0.1, 0.15) is 11.5 Å². The third-order valence-corrected chi connectivity index (χ3v) is 7.70. The van der Waals surface area contributed by atoms with Crippen molar-refractivity contribution in [1.82, 2.24) is 29.4 Å². The number of aryl methyl sites for hydroxylation is 1. The standard InChI is InChI=1S/C27H28N6O3S/c1-16-10-23-20(12-19(16)27(34)32-7-9-36-14-17(32)2)31-26(33(23)6-8-35-3)22-13-28-25(30-22)18-4-5-24-21(11-18)29-15-37-24/h4-5,10-13,15,17H,6-9,14H2,1-3H3,(H,28,30). The van der Waals surface area contributed by atoms with Gasteiger partial charge in [0.15, 0.2) is 5.82 Å². The second-order valence-corrected chi connectivity index (χ2v) is 10.2. The minimum absolute atomic E-state index is 0.0180. The zero-order valence-electron chi connectivity index (χ0n) is 21.0. The molecule has 2 aromatic carbocycles. The van der Waals surface area contributed by atoms with E-state index < -0.39 is 0 Å². The van der Waals surface area contributed by atoms with Crippen molar-refractivity contribution in [3.05, 3.63) is 53.2 Å². The Morgan fingerprint density at radius 2 is 2.14 bits per heavy atom. The van der Waals surface area contributed by atoms with Crippen LogP contribution in [0.3, 0.4) is 0 Å². The van der Waals surface area contributed by atoms with E-state index in [0.717, 1.165) is 49.7 Å². The smallest absolute Gasteiger partial charge is 0.254 e. The molecule has 3 aromatic heterocycles. The third-order valence-electron chi connectivity index (χ3n) is 6.89. The highest BCUT2D eigenvalue weighted by molar-refractivity contribution is 7.16. The van der Waals surface area contributed by atoms with Gasteiger partial charge < -0.3 is 23.9 Å². The second-order valence-electron chi connectivity index (χ2n) is 9.34. The molecule has 9 nitrogen and oxygen atoms in total. The van der Waals surface area contributed by atoms with Gasteiger partial charge in [0.05, 0.1) is 58.8 Å². The first-order chi connectivity index (χ1) is 18.0. The monoisotopic (exact) mass is 516 g/mol. The van der Waals surface area contributed by atoms with Crippen LogP contribution < -0.4 is 0 Å². The summed E-state index contributed by atoms with van der Waals surface area (Å²) in [5.74, 6) is 1.53. The van der Waals surface area contributed by atoms with Gasteiger partial charge in [0.2, 0.25) is 0 Å².